The van der Waals surface area contributed by atoms with Gasteiger partial charge in [-0.25, -0.2) is 8.78 Å². The predicted molar refractivity (Wildman–Crippen MR) is 73.4 cm³/mol. The number of hydrogen-bond donors (Lipinski definition) is 0. The summed E-state index contributed by atoms with van der Waals surface area (Å²) in [7, 11) is 1.36. The van der Waals surface area contributed by atoms with Gasteiger partial charge in [0.2, 0.25) is 0 Å². The molecule has 0 spiro atoms. The van der Waals surface area contributed by atoms with Gasteiger partial charge in [-0.05, 0) is 35.4 Å². The molecule has 0 fully saturated rings. The van der Waals surface area contributed by atoms with Crippen LogP contribution < -0.4 is 4.74 Å². The quantitative estimate of drug-likeness (QED) is 0.716. The van der Waals surface area contributed by atoms with Gasteiger partial charge >= 0.3 is 0 Å². The number of benzene rings is 2. The highest BCUT2D eigenvalue weighted by Gasteiger charge is 2.15. The zero-order valence-corrected chi connectivity index (χ0v) is 11.5. The molecule has 100 valence electrons. The first-order valence-corrected chi connectivity index (χ1v) is 6.20. The Labute approximate surface area is 119 Å². The second-order valence-electron chi connectivity index (χ2n) is 3.89. The topological polar surface area (TPSA) is 9.23 Å². The molecule has 0 unspecified atom stereocenters. The standard InChI is InChI=1S/C14H10Cl2F2O/c1-19-13-5-3-8(6-10(13)14(17)18)9-2-4-11(15)12(16)7-9/h2-7,14H,1H3. The zero-order chi connectivity index (χ0) is 14.0. The Kier molecular flexibility index (Phi) is 4.27. The van der Waals surface area contributed by atoms with Crippen LogP contribution in [-0.2, 0) is 0 Å². The zero-order valence-electron chi connectivity index (χ0n) is 9.96. The molecule has 0 aromatic heterocycles. The minimum Gasteiger partial charge on any atom is -0.496 e. The van der Waals surface area contributed by atoms with Gasteiger partial charge in [-0.1, -0.05) is 35.3 Å². The highest BCUT2D eigenvalue weighted by atomic mass is 35.5. The SMILES string of the molecule is COc1ccc(-c2ccc(Cl)c(Cl)c2)cc1C(F)F. The lowest BCUT2D eigenvalue weighted by Gasteiger charge is -2.10. The van der Waals surface area contributed by atoms with Crippen LogP contribution in [0.25, 0.3) is 11.1 Å². The molecule has 2 rings (SSSR count). The van der Waals surface area contributed by atoms with Crippen molar-refractivity contribution in [3.05, 3.63) is 52.0 Å². The summed E-state index contributed by atoms with van der Waals surface area (Å²) in [4.78, 5) is 0. The van der Waals surface area contributed by atoms with E-state index in [1.54, 1.807) is 24.3 Å². The summed E-state index contributed by atoms with van der Waals surface area (Å²) in [5.41, 5.74) is 1.21. The van der Waals surface area contributed by atoms with Gasteiger partial charge in [0.15, 0.2) is 0 Å². The highest BCUT2D eigenvalue weighted by Crippen LogP contribution is 2.34. The summed E-state index contributed by atoms with van der Waals surface area (Å²) in [6, 6.07) is 9.60. The molecule has 0 aliphatic heterocycles. The van der Waals surface area contributed by atoms with Crippen LogP contribution in [0.4, 0.5) is 8.78 Å². The van der Waals surface area contributed by atoms with Gasteiger partial charge in [-0.3, -0.25) is 0 Å². The van der Waals surface area contributed by atoms with Crippen molar-refractivity contribution in [2.24, 2.45) is 0 Å². The van der Waals surface area contributed by atoms with E-state index in [1.165, 1.54) is 19.2 Å². The molecule has 2 aromatic carbocycles. The molecule has 0 aliphatic rings. The minimum atomic E-state index is -2.60. The fourth-order valence-corrected chi connectivity index (χ4v) is 2.06. The van der Waals surface area contributed by atoms with Crippen LogP contribution in [0.5, 0.6) is 5.75 Å². The van der Waals surface area contributed by atoms with Crippen molar-refractivity contribution in [2.45, 2.75) is 6.43 Å². The normalized spacial score (nSPS) is 10.8. The number of methoxy groups -OCH3 is 1. The molecule has 1 nitrogen and oxygen atoms in total. The summed E-state index contributed by atoms with van der Waals surface area (Å²) in [5, 5.41) is 0.807. The largest absolute Gasteiger partial charge is 0.496 e. The van der Waals surface area contributed by atoms with Gasteiger partial charge in [-0.15, -0.1) is 0 Å². The number of ether oxygens (including phenoxy) is 1. The maximum atomic E-state index is 12.9. The Balaban J connectivity index is 2.50. The lowest BCUT2D eigenvalue weighted by molar-refractivity contribution is 0.147. The number of rotatable bonds is 3. The maximum Gasteiger partial charge on any atom is 0.267 e. The summed E-state index contributed by atoms with van der Waals surface area (Å²) < 4.78 is 30.8. The van der Waals surface area contributed by atoms with Gasteiger partial charge in [0.1, 0.15) is 5.75 Å². The third kappa shape index (κ3) is 2.99. The summed E-state index contributed by atoms with van der Waals surface area (Å²) in [6.45, 7) is 0. The van der Waals surface area contributed by atoms with Crippen molar-refractivity contribution in [1.82, 2.24) is 0 Å². The average molecular weight is 303 g/mol. The van der Waals surface area contributed by atoms with E-state index < -0.39 is 6.43 Å². The van der Waals surface area contributed by atoms with Crippen LogP contribution in [0.15, 0.2) is 36.4 Å². The molecular weight excluding hydrogens is 293 g/mol. The summed E-state index contributed by atoms with van der Waals surface area (Å²) >= 11 is 11.7. The molecule has 0 amide bonds. The fourth-order valence-electron chi connectivity index (χ4n) is 1.76. The lowest BCUT2D eigenvalue weighted by Crippen LogP contribution is -1.93. The molecule has 19 heavy (non-hydrogen) atoms. The van der Waals surface area contributed by atoms with E-state index >= 15 is 0 Å². The van der Waals surface area contributed by atoms with Crippen LogP contribution in [0.3, 0.4) is 0 Å². The second-order valence-corrected chi connectivity index (χ2v) is 4.70. The Morgan fingerprint density at radius 3 is 2.16 bits per heavy atom. The van der Waals surface area contributed by atoms with E-state index in [4.69, 9.17) is 27.9 Å². The molecule has 0 aliphatic carbocycles. The third-order valence-electron chi connectivity index (χ3n) is 2.72. The van der Waals surface area contributed by atoms with E-state index in [0.717, 1.165) is 5.56 Å². The third-order valence-corrected chi connectivity index (χ3v) is 3.46. The number of hydrogen-bond acceptors (Lipinski definition) is 1. The number of alkyl halides is 2. The fraction of sp³-hybridized carbons (Fsp3) is 0.143. The molecule has 0 radical (unpaired) electrons. The predicted octanol–water partition coefficient (Wildman–Crippen LogP) is 5.61. The maximum absolute atomic E-state index is 12.9. The van der Waals surface area contributed by atoms with E-state index in [-0.39, 0.29) is 11.3 Å². The first-order chi connectivity index (χ1) is 9.02. The highest BCUT2D eigenvalue weighted by molar-refractivity contribution is 6.42. The van der Waals surface area contributed by atoms with Crippen LogP contribution in [-0.4, -0.2) is 7.11 Å². The van der Waals surface area contributed by atoms with Crippen molar-refractivity contribution in [2.75, 3.05) is 7.11 Å². The minimum absolute atomic E-state index is 0.147. The molecule has 0 heterocycles. The van der Waals surface area contributed by atoms with Crippen molar-refractivity contribution in [3.63, 3.8) is 0 Å². The molecule has 0 N–H and O–H groups in total. The Bertz CT molecular complexity index is 600. The summed E-state index contributed by atoms with van der Waals surface area (Å²) in [5.74, 6) is 0.166. The second kappa shape index (κ2) is 5.76. The van der Waals surface area contributed by atoms with Crippen LogP contribution in [0.1, 0.15) is 12.0 Å². The molecular formula is C14H10Cl2F2O. The molecule has 2 aromatic rings. The van der Waals surface area contributed by atoms with Gasteiger partial charge in [-0.2, -0.15) is 0 Å². The first-order valence-electron chi connectivity index (χ1n) is 5.44. The number of halogens is 4. The first kappa shape index (κ1) is 14.1. The van der Waals surface area contributed by atoms with Crippen LogP contribution >= 0.6 is 23.2 Å². The van der Waals surface area contributed by atoms with Crippen LogP contribution in [0.2, 0.25) is 10.0 Å². The Hall–Kier alpha value is -1.32. The van der Waals surface area contributed by atoms with Crippen molar-refractivity contribution >= 4 is 23.2 Å². The molecule has 0 saturated heterocycles. The van der Waals surface area contributed by atoms with Gasteiger partial charge in [0, 0.05) is 0 Å². The van der Waals surface area contributed by atoms with E-state index in [2.05, 4.69) is 0 Å². The molecule has 5 heteroatoms. The molecule has 0 bridgehead atoms. The van der Waals surface area contributed by atoms with E-state index in [9.17, 15) is 8.78 Å². The van der Waals surface area contributed by atoms with Crippen LogP contribution in [0, 0.1) is 0 Å². The van der Waals surface area contributed by atoms with E-state index in [0.29, 0.717) is 15.6 Å². The van der Waals surface area contributed by atoms with Gasteiger partial charge < -0.3 is 4.74 Å². The van der Waals surface area contributed by atoms with Gasteiger partial charge in [0.25, 0.3) is 6.43 Å². The van der Waals surface area contributed by atoms with Gasteiger partial charge in [0.05, 0.1) is 22.7 Å². The Morgan fingerprint density at radius 2 is 1.58 bits per heavy atom. The lowest BCUT2D eigenvalue weighted by atomic mass is 10.0. The molecule has 0 saturated carbocycles. The monoisotopic (exact) mass is 302 g/mol. The van der Waals surface area contributed by atoms with Crippen molar-refractivity contribution in [1.29, 1.82) is 0 Å². The van der Waals surface area contributed by atoms with Crippen molar-refractivity contribution < 1.29 is 13.5 Å². The van der Waals surface area contributed by atoms with E-state index in [1.807, 2.05) is 0 Å². The Morgan fingerprint density at radius 1 is 0.947 bits per heavy atom. The summed E-state index contributed by atoms with van der Waals surface area (Å²) in [6.07, 6.45) is -2.60. The van der Waals surface area contributed by atoms with Crippen molar-refractivity contribution in [3.8, 4) is 16.9 Å². The smallest absolute Gasteiger partial charge is 0.267 e. The average Bonchev–Trinajstić information content (AvgIpc) is 2.41. The molecule has 0 atom stereocenters.